The fourth-order valence-electron chi connectivity index (χ4n) is 1.05. The van der Waals surface area contributed by atoms with Crippen LogP contribution >= 0.6 is 0 Å². The predicted octanol–water partition coefficient (Wildman–Crippen LogP) is -0.196. The summed E-state index contributed by atoms with van der Waals surface area (Å²) in [6.07, 6.45) is 0. The zero-order chi connectivity index (χ0) is 13.0. The van der Waals surface area contributed by atoms with Crippen molar-refractivity contribution in [2.75, 3.05) is 5.32 Å². The highest BCUT2D eigenvalue weighted by molar-refractivity contribution is 6.18. The summed E-state index contributed by atoms with van der Waals surface area (Å²) in [5, 5.41) is 2.46. The quantitative estimate of drug-likeness (QED) is 0.626. The largest absolute Gasteiger partial charge is 0.369 e. The van der Waals surface area contributed by atoms with E-state index in [0.29, 0.717) is 11.3 Å². The van der Waals surface area contributed by atoms with Crippen LogP contribution in [0.4, 0.5) is 5.69 Å². The summed E-state index contributed by atoms with van der Waals surface area (Å²) in [4.78, 5) is 33.0. The number of carbonyl (C=O) groups excluding carboxylic acids is 3. The van der Waals surface area contributed by atoms with Crippen LogP contribution in [0.1, 0.15) is 17.3 Å². The zero-order valence-corrected chi connectivity index (χ0v) is 9.19. The van der Waals surface area contributed by atoms with Gasteiger partial charge in [-0.25, -0.2) is 0 Å². The Morgan fingerprint density at radius 3 is 2.00 bits per heavy atom. The van der Waals surface area contributed by atoms with Crippen molar-refractivity contribution in [3.8, 4) is 0 Å². The van der Waals surface area contributed by atoms with Crippen molar-refractivity contribution in [1.29, 1.82) is 0 Å². The second-order valence-corrected chi connectivity index (χ2v) is 3.38. The van der Waals surface area contributed by atoms with E-state index in [0.717, 1.165) is 0 Å². The summed E-state index contributed by atoms with van der Waals surface area (Å²) in [5.74, 6) is -2.01. The molecule has 1 rings (SSSR count). The second-order valence-electron chi connectivity index (χ2n) is 3.38. The number of primary amides is 2. The maximum absolute atomic E-state index is 11.4. The third-order valence-electron chi connectivity index (χ3n) is 2.14. The molecular weight excluding hydrogens is 222 g/mol. The van der Waals surface area contributed by atoms with E-state index < -0.39 is 17.7 Å². The fourth-order valence-corrected chi connectivity index (χ4v) is 1.05. The molecule has 17 heavy (non-hydrogen) atoms. The van der Waals surface area contributed by atoms with Crippen molar-refractivity contribution in [1.82, 2.24) is 0 Å². The predicted molar refractivity (Wildman–Crippen MR) is 61.7 cm³/mol. The molecule has 0 spiro atoms. The number of amides is 3. The first-order chi connectivity index (χ1) is 7.91. The van der Waals surface area contributed by atoms with Crippen molar-refractivity contribution in [2.45, 2.75) is 6.92 Å². The highest BCUT2D eigenvalue weighted by Crippen LogP contribution is 2.11. The molecule has 0 aliphatic rings. The number of hydrogen-bond donors (Lipinski definition) is 3. The van der Waals surface area contributed by atoms with Gasteiger partial charge in [-0.3, -0.25) is 14.4 Å². The van der Waals surface area contributed by atoms with Crippen molar-refractivity contribution in [3.05, 3.63) is 35.7 Å². The van der Waals surface area contributed by atoms with Gasteiger partial charge in [0.25, 0.3) is 0 Å². The van der Waals surface area contributed by atoms with Gasteiger partial charge in [-0.15, -0.1) is 0 Å². The molecule has 0 fully saturated rings. The number of carbonyl (C=O) groups is 3. The number of hydrogen-bond acceptors (Lipinski definition) is 3. The maximum Gasteiger partial charge on any atom is 0.248 e. The van der Waals surface area contributed by atoms with E-state index >= 15 is 0 Å². The summed E-state index contributed by atoms with van der Waals surface area (Å²) >= 11 is 0. The van der Waals surface area contributed by atoms with Crippen molar-refractivity contribution < 1.29 is 14.4 Å². The lowest BCUT2D eigenvalue weighted by Gasteiger charge is -2.08. The molecule has 0 saturated heterocycles. The molecule has 0 aromatic heterocycles. The number of nitrogens with two attached hydrogens (primary N) is 2. The summed E-state index contributed by atoms with van der Waals surface area (Å²) in [7, 11) is 0. The molecule has 0 atom stereocenters. The Kier molecular flexibility index (Phi) is 3.82. The summed E-state index contributed by atoms with van der Waals surface area (Å²) in [5.41, 5.74) is 10.8. The van der Waals surface area contributed by atoms with E-state index in [-0.39, 0.29) is 5.92 Å². The summed E-state index contributed by atoms with van der Waals surface area (Å²) in [6.45, 7) is 1.33. The molecule has 89 valence electrons. The minimum atomic E-state index is -0.781. The lowest BCUT2D eigenvalue weighted by atomic mass is 10.1. The van der Waals surface area contributed by atoms with Gasteiger partial charge in [0.2, 0.25) is 17.7 Å². The van der Waals surface area contributed by atoms with Crippen LogP contribution in [0.2, 0.25) is 0 Å². The molecule has 0 aliphatic heterocycles. The fraction of sp³-hybridized carbons (Fsp3) is 0.0909. The van der Waals surface area contributed by atoms with E-state index in [1.165, 1.54) is 31.2 Å². The Hall–Kier alpha value is -2.37. The Labute approximate surface area is 98.0 Å². The minimum absolute atomic E-state index is 0.0935. The van der Waals surface area contributed by atoms with Gasteiger partial charge in [0, 0.05) is 11.3 Å². The molecule has 0 unspecified atom stereocenters. The molecule has 5 N–H and O–H groups in total. The first-order valence-electron chi connectivity index (χ1n) is 4.76. The van der Waals surface area contributed by atoms with Crippen LogP contribution in [-0.2, 0) is 9.59 Å². The monoisotopic (exact) mass is 234 g/mol. The molecule has 6 heteroatoms. The topological polar surface area (TPSA) is 115 Å². The van der Waals surface area contributed by atoms with E-state index in [4.69, 9.17) is 11.5 Å². The van der Waals surface area contributed by atoms with Gasteiger partial charge >= 0.3 is 0 Å². The highest BCUT2D eigenvalue weighted by Gasteiger charge is 2.19. The minimum Gasteiger partial charge on any atom is -0.369 e. The van der Waals surface area contributed by atoms with Crippen LogP contribution in [-0.4, -0.2) is 17.7 Å². The number of benzene rings is 1. The van der Waals surface area contributed by atoms with Crippen molar-refractivity contribution in [2.24, 2.45) is 11.5 Å². The Bertz CT molecular complexity index is 454. The molecule has 6 nitrogen and oxygen atoms in total. The third kappa shape index (κ3) is 3.30. The SMILES string of the molecule is C[C](C(N)=O)C(=O)Nc1ccc(C(N)=O)cc1. The summed E-state index contributed by atoms with van der Waals surface area (Å²) < 4.78 is 0. The van der Waals surface area contributed by atoms with E-state index in [9.17, 15) is 14.4 Å². The molecule has 1 aromatic rings. The van der Waals surface area contributed by atoms with Gasteiger partial charge in [-0.05, 0) is 31.2 Å². The van der Waals surface area contributed by atoms with Gasteiger partial charge in [0.1, 0.15) is 5.92 Å². The number of nitrogens with one attached hydrogen (secondary N) is 1. The normalized spacial score (nSPS) is 10.0. The van der Waals surface area contributed by atoms with E-state index in [1.807, 2.05) is 0 Å². The van der Waals surface area contributed by atoms with Crippen LogP contribution in [0.25, 0.3) is 0 Å². The van der Waals surface area contributed by atoms with Gasteiger partial charge in [-0.2, -0.15) is 0 Å². The molecular formula is C11H12N3O3. The summed E-state index contributed by atoms with van der Waals surface area (Å²) in [6, 6.07) is 5.95. The zero-order valence-electron chi connectivity index (χ0n) is 9.19. The van der Waals surface area contributed by atoms with Gasteiger partial charge in [0.15, 0.2) is 0 Å². The lowest BCUT2D eigenvalue weighted by molar-refractivity contribution is -0.122. The van der Waals surface area contributed by atoms with Gasteiger partial charge in [-0.1, -0.05) is 0 Å². The van der Waals surface area contributed by atoms with Crippen LogP contribution in [0, 0.1) is 5.92 Å². The average molecular weight is 234 g/mol. The molecule has 1 radical (unpaired) electrons. The van der Waals surface area contributed by atoms with Gasteiger partial charge < -0.3 is 16.8 Å². The Balaban J connectivity index is 2.73. The molecule has 1 aromatic carbocycles. The highest BCUT2D eigenvalue weighted by atomic mass is 16.2. The first-order valence-corrected chi connectivity index (χ1v) is 4.76. The van der Waals surface area contributed by atoms with Crippen LogP contribution in [0.15, 0.2) is 24.3 Å². The van der Waals surface area contributed by atoms with E-state index in [2.05, 4.69) is 5.32 Å². The number of anilines is 1. The first kappa shape index (κ1) is 12.7. The molecule has 0 aliphatic carbocycles. The smallest absolute Gasteiger partial charge is 0.248 e. The van der Waals surface area contributed by atoms with Crippen LogP contribution in [0.3, 0.4) is 0 Å². The standard InChI is InChI=1S/C11H12N3O3/c1-6(9(12)15)11(17)14-8-4-2-7(3-5-8)10(13)16/h2-5H,1H3,(H2,12,15)(H2,13,16)(H,14,17). The van der Waals surface area contributed by atoms with Crippen LogP contribution in [0.5, 0.6) is 0 Å². The molecule has 0 heterocycles. The third-order valence-corrected chi connectivity index (χ3v) is 2.14. The van der Waals surface area contributed by atoms with Crippen molar-refractivity contribution in [3.63, 3.8) is 0 Å². The second kappa shape index (κ2) is 5.11. The van der Waals surface area contributed by atoms with Crippen LogP contribution < -0.4 is 16.8 Å². The van der Waals surface area contributed by atoms with Gasteiger partial charge in [0.05, 0.1) is 0 Å². The average Bonchev–Trinajstić information content (AvgIpc) is 2.28. The molecule has 0 saturated carbocycles. The van der Waals surface area contributed by atoms with Crippen molar-refractivity contribution >= 4 is 23.4 Å². The number of rotatable bonds is 4. The van der Waals surface area contributed by atoms with E-state index in [1.54, 1.807) is 0 Å². The Morgan fingerprint density at radius 2 is 1.59 bits per heavy atom. The lowest BCUT2D eigenvalue weighted by Crippen LogP contribution is -2.30. The maximum atomic E-state index is 11.4. The molecule has 0 bridgehead atoms. The Morgan fingerprint density at radius 1 is 1.06 bits per heavy atom. The molecule has 3 amide bonds.